The summed E-state index contributed by atoms with van der Waals surface area (Å²) < 4.78 is 33.8. The maximum Gasteiger partial charge on any atom is 0.161 e. The summed E-state index contributed by atoms with van der Waals surface area (Å²) in [5.74, 6) is 1.49. The highest BCUT2D eigenvalue weighted by atomic mass is 32.2. The molecule has 1 aliphatic rings. The molecule has 1 aliphatic heterocycles. The highest BCUT2D eigenvalue weighted by molar-refractivity contribution is 7.90. The number of hydrogen-bond acceptors (Lipinski definition) is 5. The second-order valence-corrected chi connectivity index (χ2v) is 7.59. The van der Waals surface area contributed by atoms with Crippen LogP contribution in [-0.2, 0) is 9.84 Å². The van der Waals surface area contributed by atoms with Crippen LogP contribution in [-0.4, -0.2) is 45.6 Å². The average molecular weight is 337 g/mol. The fourth-order valence-electron chi connectivity index (χ4n) is 2.41. The zero-order valence-electron chi connectivity index (χ0n) is 13.8. The smallest absolute Gasteiger partial charge is 0.161 e. The molecule has 0 amide bonds. The van der Waals surface area contributed by atoms with Crippen LogP contribution < -0.4 is 9.47 Å². The van der Waals surface area contributed by atoms with E-state index in [0.29, 0.717) is 24.7 Å². The number of rotatable bonds is 7. The predicted molar refractivity (Wildman–Crippen MR) is 92.3 cm³/mol. The van der Waals surface area contributed by atoms with Gasteiger partial charge in [0.1, 0.15) is 9.84 Å². The zero-order valence-corrected chi connectivity index (χ0v) is 14.6. The number of hydrogen-bond donors (Lipinski definition) is 0. The minimum Gasteiger partial charge on any atom is -0.493 e. The molecule has 5 nitrogen and oxygen atoms in total. The van der Waals surface area contributed by atoms with Crippen LogP contribution >= 0.6 is 0 Å². The lowest BCUT2D eigenvalue weighted by Gasteiger charge is -2.26. The van der Waals surface area contributed by atoms with E-state index >= 15 is 0 Å². The molecule has 0 radical (unpaired) electrons. The molecule has 0 atom stereocenters. The summed E-state index contributed by atoms with van der Waals surface area (Å²) in [6.45, 7) is 2.90. The first-order valence-corrected chi connectivity index (χ1v) is 9.63. The van der Waals surface area contributed by atoms with E-state index in [4.69, 9.17) is 9.47 Å². The molecule has 6 heteroatoms. The summed E-state index contributed by atoms with van der Waals surface area (Å²) in [5.41, 5.74) is 1.96. The van der Waals surface area contributed by atoms with Gasteiger partial charge in [-0.2, -0.15) is 0 Å². The Hall–Kier alpha value is -1.95. The number of benzene rings is 1. The van der Waals surface area contributed by atoms with E-state index in [2.05, 4.69) is 6.08 Å². The molecule has 0 saturated carbocycles. The van der Waals surface area contributed by atoms with Gasteiger partial charge in [0.2, 0.25) is 0 Å². The normalized spacial score (nSPS) is 14.6. The molecule has 0 aliphatic carbocycles. The number of allylic oxidation sites excluding steroid dienone is 2. The molecule has 126 valence electrons. The molecule has 1 aromatic rings. The molecule has 0 fully saturated rings. The largest absolute Gasteiger partial charge is 0.493 e. The summed E-state index contributed by atoms with van der Waals surface area (Å²) in [6.07, 6.45) is 8.11. The Bertz CT molecular complexity index is 707. The molecule has 0 N–H and O–H groups in total. The molecule has 1 heterocycles. The van der Waals surface area contributed by atoms with Gasteiger partial charge in [-0.3, -0.25) is 0 Å². The van der Waals surface area contributed by atoms with Crippen LogP contribution in [0.4, 0.5) is 0 Å². The van der Waals surface area contributed by atoms with Crippen LogP contribution in [0.2, 0.25) is 0 Å². The van der Waals surface area contributed by atoms with Gasteiger partial charge < -0.3 is 14.4 Å². The van der Waals surface area contributed by atoms with Crippen molar-refractivity contribution in [2.24, 2.45) is 0 Å². The Morgan fingerprint density at radius 2 is 2.04 bits per heavy atom. The minimum absolute atomic E-state index is 0.114. The quantitative estimate of drug-likeness (QED) is 0.766. The van der Waals surface area contributed by atoms with Crippen LogP contribution in [0.5, 0.6) is 11.5 Å². The number of sulfone groups is 1. The van der Waals surface area contributed by atoms with Gasteiger partial charge in [-0.05, 0) is 31.5 Å². The third kappa shape index (κ3) is 4.76. The summed E-state index contributed by atoms with van der Waals surface area (Å²) in [7, 11) is -1.39. The fraction of sp³-hybridized carbons (Fsp3) is 0.412. The molecule has 0 spiro atoms. The summed E-state index contributed by atoms with van der Waals surface area (Å²) in [4.78, 5) is 1.96. The zero-order chi connectivity index (χ0) is 16.9. The Morgan fingerprint density at radius 1 is 1.26 bits per heavy atom. The number of methoxy groups -OCH3 is 1. The second-order valence-electron chi connectivity index (χ2n) is 5.33. The van der Waals surface area contributed by atoms with Crippen molar-refractivity contribution in [1.82, 2.24) is 4.90 Å². The van der Waals surface area contributed by atoms with Crippen molar-refractivity contribution in [3.8, 4) is 11.5 Å². The first-order valence-electron chi connectivity index (χ1n) is 7.57. The Kier molecular flexibility index (Phi) is 5.71. The van der Waals surface area contributed by atoms with Crippen LogP contribution in [0.15, 0.2) is 36.6 Å². The van der Waals surface area contributed by atoms with E-state index in [1.807, 2.05) is 42.3 Å². The number of nitrogens with zero attached hydrogens (tertiary/aromatic N) is 1. The first kappa shape index (κ1) is 17.4. The van der Waals surface area contributed by atoms with Crippen LogP contribution in [0.25, 0.3) is 5.70 Å². The molecular weight excluding hydrogens is 314 g/mol. The molecule has 1 aromatic carbocycles. The van der Waals surface area contributed by atoms with E-state index in [9.17, 15) is 8.42 Å². The number of ether oxygens (including phenoxy) is 2. The minimum atomic E-state index is -3.00. The second kappa shape index (κ2) is 7.55. The standard InChI is InChI=1S/C17H23NO4S/c1-4-22-17-13-14(8-9-16(17)21-2)15-7-5-6-10-18(15)11-12-23(3,19)20/h6-10,13H,4-5,11-12H2,1-3H3. The lowest BCUT2D eigenvalue weighted by atomic mass is 10.1. The lowest BCUT2D eigenvalue weighted by Crippen LogP contribution is -2.24. The van der Waals surface area contributed by atoms with Gasteiger partial charge in [0, 0.05) is 30.3 Å². The lowest BCUT2D eigenvalue weighted by molar-refractivity contribution is 0.311. The SMILES string of the molecule is CCOc1cc(C2=CCC=CN2CCS(C)(=O)=O)ccc1OC. The third-order valence-electron chi connectivity index (χ3n) is 3.50. The highest BCUT2D eigenvalue weighted by Crippen LogP contribution is 2.33. The van der Waals surface area contributed by atoms with Crippen molar-refractivity contribution >= 4 is 15.5 Å². The molecule has 0 bridgehead atoms. The molecular formula is C17H23NO4S. The van der Waals surface area contributed by atoms with Crippen molar-refractivity contribution in [3.63, 3.8) is 0 Å². The highest BCUT2D eigenvalue weighted by Gasteiger charge is 2.16. The summed E-state index contributed by atoms with van der Waals surface area (Å²) >= 11 is 0. The van der Waals surface area contributed by atoms with E-state index < -0.39 is 9.84 Å². The predicted octanol–water partition coefficient (Wildman–Crippen LogP) is 2.70. The molecule has 2 rings (SSSR count). The van der Waals surface area contributed by atoms with Crippen LogP contribution in [0.3, 0.4) is 0 Å². The Labute approximate surface area is 138 Å². The molecule has 23 heavy (non-hydrogen) atoms. The summed E-state index contributed by atoms with van der Waals surface area (Å²) in [5, 5.41) is 0. The maximum absolute atomic E-state index is 11.4. The van der Waals surface area contributed by atoms with Gasteiger partial charge in [0.25, 0.3) is 0 Å². The van der Waals surface area contributed by atoms with E-state index in [0.717, 1.165) is 17.7 Å². The van der Waals surface area contributed by atoms with Gasteiger partial charge in [-0.1, -0.05) is 12.2 Å². The van der Waals surface area contributed by atoms with Gasteiger partial charge in [-0.25, -0.2) is 8.42 Å². The van der Waals surface area contributed by atoms with Crippen molar-refractivity contribution < 1.29 is 17.9 Å². The first-order chi connectivity index (χ1) is 10.9. The molecule has 0 aromatic heterocycles. The van der Waals surface area contributed by atoms with Gasteiger partial charge in [0.15, 0.2) is 11.5 Å². The van der Waals surface area contributed by atoms with Crippen molar-refractivity contribution in [1.29, 1.82) is 0 Å². The van der Waals surface area contributed by atoms with Gasteiger partial charge >= 0.3 is 0 Å². The topological polar surface area (TPSA) is 55.8 Å². The Balaban J connectivity index is 2.27. The Morgan fingerprint density at radius 3 is 2.70 bits per heavy atom. The van der Waals surface area contributed by atoms with Crippen LogP contribution in [0.1, 0.15) is 18.9 Å². The molecule has 0 unspecified atom stereocenters. The monoisotopic (exact) mass is 337 g/mol. The summed E-state index contributed by atoms with van der Waals surface area (Å²) in [6, 6.07) is 5.76. The van der Waals surface area contributed by atoms with E-state index in [1.165, 1.54) is 6.26 Å². The van der Waals surface area contributed by atoms with Crippen LogP contribution in [0, 0.1) is 0 Å². The van der Waals surface area contributed by atoms with E-state index in [-0.39, 0.29) is 5.75 Å². The fourth-order valence-corrected chi connectivity index (χ4v) is 2.94. The van der Waals surface area contributed by atoms with Crippen molar-refractivity contribution in [2.75, 3.05) is 32.3 Å². The van der Waals surface area contributed by atoms with Crippen molar-refractivity contribution in [2.45, 2.75) is 13.3 Å². The van der Waals surface area contributed by atoms with Crippen molar-refractivity contribution in [3.05, 3.63) is 42.1 Å². The van der Waals surface area contributed by atoms with E-state index in [1.54, 1.807) is 7.11 Å². The maximum atomic E-state index is 11.4. The average Bonchev–Trinajstić information content (AvgIpc) is 2.53. The van der Waals surface area contributed by atoms with Gasteiger partial charge in [-0.15, -0.1) is 0 Å². The third-order valence-corrected chi connectivity index (χ3v) is 4.43. The van der Waals surface area contributed by atoms with Gasteiger partial charge in [0.05, 0.1) is 19.5 Å². The molecule has 0 saturated heterocycles.